The van der Waals surface area contributed by atoms with Gasteiger partial charge in [-0.25, -0.2) is 0 Å². The maximum Gasteiger partial charge on any atom is 0.220 e. The second-order valence-electron chi connectivity index (χ2n) is 7.36. The van der Waals surface area contributed by atoms with Crippen LogP contribution in [-0.2, 0) is 10.2 Å². The Morgan fingerprint density at radius 2 is 2.07 bits per heavy atom. The SMILES string of the molecule is CCNC(=NCC1(c2cccc(Br)c2)CC1)NCCCC(=O)NC1CC1.I. The number of aliphatic imine (C=N–C) groups is 1. The summed E-state index contributed by atoms with van der Waals surface area (Å²) >= 11 is 3.57. The first-order valence-corrected chi connectivity index (χ1v) is 10.5. The summed E-state index contributed by atoms with van der Waals surface area (Å²) in [7, 11) is 0. The molecule has 1 aromatic carbocycles. The number of benzene rings is 1. The van der Waals surface area contributed by atoms with Gasteiger partial charge in [-0.3, -0.25) is 9.79 Å². The zero-order chi connectivity index (χ0) is 18.4. The molecule has 1 amide bonds. The highest BCUT2D eigenvalue weighted by molar-refractivity contribution is 14.0. The maximum absolute atomic E-state index is 11.7. The molecule has 0 aliphatic heterocycles. The topological polar surface area (TPSA) is 65.5 Å². The van der Waals surface area contributed by atoms with Crippen LogP contribution in [0.3, 0.4) is 0 Å². The van der Waals surface area contributed by atoms with E-state index in [1.165, 1.54) is 18.4 Å². The van der Waals surface area contributed by atoms with Crippen LogP contribution in [0.15, 0.2) is 33.7 Å². The molecule has 0 unspecified atom stereocenters. The number of carbonyl (C=O) groups excluding carboxylic acids is 1. The van der Waals surface area contributed by atoms with Gasteiger partial charge in [0.15, 0.2) is 5.96 Å². The Labute approximate surface area is 187 Å². The summed E-state index contributed by atoms with van der Waals surface area (Å²) in [6.45, 7) is 4.45. The summed E-state index contributed by atoms with van der Waals surface area (Å²) in [6, 6.07) is 9.02. The van der Waals surface area contributed by atoms with Gasteiger partial charge in [-0.1, -0.05) is 28.1 Å². The molecule has 150 valence electrons. The largest absolute Gasteiger partial charge is 0.357 e. The normalized spacial score (nSPS) is 17.6. The first kappa shape index (κ1) is 22.5. The number of hydrogen-bond acceptors (Lipinski definition) is 2. The molecular formula is C20H30BrIN4O. The van der Waals surface area contributed by atoms with Gasteiger partial charge in [-0.15, -0.1) is 24.0 Å². The lowest BCUT2D eigenvalue weighted by atomic mass is 9.96. The van der Waals surface area contributed by atoms with Gasteiger partial charge >= 0.3 is 0 Å². The van der Waals surface area contributed by atoms with E-state index in [0.717, 1.165) is 49.3 Å². The minimum Gasteiger partial charge on any atom is -0.357 e. The molecule has 5 nitrogen and oxygen atoms in total. The van der Waals surface area contributed by atoms with E-state index in [9.17, 15) is 4.79 Å². The summed E-state index contributed by atoms with van der Waals surface area (Å²) in [4.78, 5) is 16.5. The number of amides is 1. The first-order chi connectivity index (χ1) is 12.6. The summed E-state index contributed by atoms with van der Waals surface area (Å²) in [6.07, 6.45) is 6.05. The monoisotopic (exact) mass is 548 g/mol. The molecule has 0 spiro atoms. The third kappa shape index (κ3) is 7.25. The summed E-state index contributed by atoms with van der Waals surface area (Å²) in [5.41, 5.74) is 1.55. The molecule has 3 rings (SSSR count). The lowest BCUT2D eigenvalue weighted by Crippen LogP contribution is -2.38. The minimum atomic E-state index is 0. The van der Waals surface area contributed by atoms with E-state index in [-0.39, 0.29) is 35.3 Å². The Morgan fingerprint density at radius 1 is 1.30 bits per heavy atom. The van der Waals surface area contributed by atoms with E-state index in [1.54, 1.807) is 0 Å². The Hall–Kier alpha value is -0.830. The molecule has 0 saturated heterocycles. The fraction of sp³-hybridized carbons (Fsp3) is 0.600. The van der Waals surface area contributed by atoms with Crippen LogP contribution >= 0.6 is 39.9 Å². The Balaban J connectivity index is 0.00000261. The van der Waals surface area contributed by atoms with E-state index >= 15 is 0 Å². The number of nitrogens with zero attached hydrogens (tertiary/aromatic N) is 1. The summed E-state index contributed by atoms with van der Waals surface area (Å²) < 4.78 is 1.12. The average Bonchev–Trinajstić information content (AvgIpc) is 3.52. The van der Waals surface area contributed by atoms with Gasteiger partial charge in [0.2, 0.25) is 5.91 Å². The van der Waals surface area contributed by atoms with Gasteiger partial charge in [0, 0.05) is 35.4 Å². The molecule has 0 atom stereocenters. The first-order valence-electron chi connectivity index (χ1n) is 9.69. The van der Waals surface area contributed by atoms with Crippen molar-refractivity contribution in [3.8, 4) is 0 Å². The minimum absolute atomic E-state index is 0. The molecule has 2 aliphatic carbocycles. The van der Waals surface area contributed by atoms with Crippen LogP contribution in [0.25, 0.3) is 0 Å². The number of hydrogen-bond donors (Lipinski definition) is 3. The number of nitrogens with one attached hydrogen (secondary N) is 3. The highest BCUT2D eigenvalue weighted by atomic mass is 127. The van der Waals surface area contributed by atoms with Crippen LogP contribution < -0.4 is 16.0 Å². The van der Waals surface area contributed by atoms with Crippen LogP contribution in [0.2, 0.25) is 0 Å². The second-order valence-corrected chi connectivity index (χ2v) is 8.27. The number of rotatable bonds is 9. The highest BCUT2D eigenvalue weighted by Gasteiger charge is 2.44. The third-order valence-corrected chi connectivity index (χ3v) is 5.48. The molecule has 3 N–H and O–H groups in total. The Morgan fingerprint density at radius 3 is 2.70 bits per heavy atom. The van der Waals surface area contributed by atoms with E-state index in [1.807, 2.05) is 0 Å². The van der Waals surface area contributed by atoms with Crippen LogP contribution in [0.1, 0.15) is 51.0 Å². The van der Waals surface area contributed by atoms with Crippen LogP contribution in [0, 0.1) is 0 Å². The molecule has 1 aromatic rings. The third-order valence-electron chi connectivity index (χ3n) is 4.99. The van der Waals surface area contributed by atoms with Gasteiger partial charge in [0.1, 0.15) is 0 Å². The van der Waals surface area contributed by atoms with Crippen molar-refractivity contribution < 1.29 is 4.79 Å². The molecule has 0 aromatic heterocycles. The van der Waals surface area contributed by atoms with Crippen molar-refractivity contribution in [1.29, 1.82) is 0 Å². The van der Waals surface area contributed by atoms with Crippen molar-refractivity contribution in [3.63, 3.8) is 0 Å². The Kier molecular flexibility index (Phi) is 8.85. The number of guanidine groups is 1. The zero-order valence-corrected chi connectivity index (χ0v) is 19.8. The van der Waals surface area contributed by atoms with Crippen molar-refractivity contribution in [1.82, 2.24) is 16.0 Å². The van der Waals surface area contributed by atoms with Gasteiger partial charge in [0.25, 0.3) is 0 Å². The molecule has 2 fully saturated rings. The van der Waals surface area contributed by atoms with Crippen molar-refractivity contribution in [2.45, 2.75) is 56.9 Å². The predicted octanol–water partition coefficient (Wildman–Crippen LogP) is 3.71. The molecule has 2 aliphatic rings. The van der Waals surface area contributed by atoms with Crippen molar-refractivity contribution >= 4 is 51.8 Å². The van der Waals surface area contributed by atoms with Crippen molar-refractivity contribution in [2.24, 2.45) is 4.99 Å². The van der Waals surface area contributed by atoms with Gasteiger partial charge < -0.3 is 16.0 Å². The maximum atomic E-state index is 11.7. The number of halogens is 2. The predicted molar refractivity (Wildman–Crippen MR) is 125 cm³/mol. The summed E-state index contributed by atoms with van der Waals surface area (Å²) in [5.74, 6) is 1.01. The van der Waals surface area contributed by atoms with Crippen molar-refractivity contribution in [2.75, 3.05) is 19.6 Å². The lowest BCUT2D eigenvalue weighted by Gasteiger charge is -2.16. The van der Waals surface area contributed by atoms with E-state index < -0.39 is 0 Å². The quantitative estimate of drug-likeness (QED) is 0.191. The number of carbonyl (C=O) groups is 1. The van der Waals surface area contributed by atoms with Crippen LogP contribution in [0.4, 0.5) is 0 Å². The van der Waals surface area contributed by atoms with Crippen LogP contribution in [0.5, 0.6) is 0 Å². The smallest absolute Gasteiger partial charge is 0.220 e. The van der Waals surface area contributed by atoms with Gasteiger partial charge in [-0.05, 0) is 56.7 Å². The van der Waals surface area contributed by atoms with E-state index in [0.29, 0.717) is 12.5 Å². The summed E-state index contributed by atoms with van der Waals surface area (Å²) in [5, 5.41) is 9.69. The van der Waals surface area contributed by atoms with E-state index in [2.05, 4.69) is 63.1 Å². The lowest BCUT2D eigenvalue weighted by molar-refractivity contribution is -0.121. The molecular weight excluding hydrogens is 519 g/mol. The fourth-order valence-corrected chi connectivity index (χ4v) is 3.46. The standard InChI is InChI=1S/C20H29BrN4O.HI/c1-2-22-19(23-12-4-7-18(26)25-17-8-9-17)24-14-20(10-11-20)15-5-3-6-16(21)13-15;/h3,5-6,13,17H,2,4,7-12,14H2,1H3,(H,25,26)(H2,22,23,24);1H. The zero-order valence-electron chi connectivity index (χ0n) is 15.9. The Bertz CT molecular complexity index is 659. The van der Waals surface area contributed by atoms with Crippen molar-refractivity contribution in [3.05, 3.63) is 34.3 Å². The fourth-order valence-electron chi connectivity index (χ4n) is 3.06. The van der Waals surface area contributed by atoms with Crippen LogP contribution in [-0.4, -0.2) is 37.5 Å². The molecule has 0 bridgehead atoms. The molecule has 0 radical (unpaired) electrons. The average molecular weight is 549 g/mol. The van der Waals surface area contributed by atoms with Gasteiger partial charge in [0.05, 0.1) is 6.54 Å². The molecule has 2 saturated carbocycles. The molecule has 7 heteroatoms. The molecule has 27 heavy (non-hydrogen) atoms. The van der Waals surface area contributed by atoms with E-state index in [4.69, 9.17) is 4.99 Å². The van der Waals surface area contributed by atoms with Gasteiger partial charge in [-0.2, -0.15) is 0 Å². The second kappa shape index (κ2) is 10.6. The highest BCUT2D eigenvalue weighted by Crippen LogP contribution is 2.48. The molecule has 0 heterocycles.